The van der Waals surface area contributed by atoms with Crippen LogP contribution in [-0.2, 0) is 6.54 Å². The lowest BCUT2D eigenvalue weighted by Gasteiger charge is -2.07. The molecule has 0 aliphatic carbocycles. The Morgan fingerprint density at radius 2 is 1.90 bits per heavy atom. The molecule has 3 aromatic rings. The van der Waals surface area contributed by atoms with Crippen molar-refractivity contribution in [3.05, 3.63) is 71.9 Å². The molecule has 0 aliphatic rings. The minimum absolute atomic E-state index is 0.137. The number of nitrogens with two attached hydrogens (primary N) is 1. The van der Waals surface area contributed by atoms with Crippen molar-refractivity contribution in [2.75, 3.05) is 5.32 Å². The van der Waals surface area contributed by atoms with E-state index in [1.54, 1.807) is 18.3 Å². The van der Waals surface area contributed by atoms with Gasteiger partial charge in [-0.3, -0.25) is 9.78 Å². The number of anilines is 1. The van der Waals surface area contributed by atoms with Crippen LogP contribution in [0.15, 0.2) is 60.8 Å². The molecule has 0 unspecified atom stereocenters. The molecule has 0 fully saturated rings. The van der Waals surface area contributed by atoms with Crippen molar-refractivity contribution in [3.8, 4) is 0 Å². The van der Waals surface area contributed by atoms with E-state index in [0.29, 0.717) is 12.1 Å². The first-order chi connectivity index (χ1) is 10.3. The average molecular weight is 277 g/mol. The maximum absolute atomic E-state index is 12.2. The topological polar surface area (TPSA) is 68.0 Å². The van der Waals surface area contributed by atoms with Crippen LogP contribution in [0, 0.1) is 0 Å². The van der Waals surface area contributed by atoms with Crippen molar-refractivity contribution < 1.29 is 4.79 Å². The summed E-state index contributed by atoms with van der Waals surface area (Å²) in [5, 5.41) is 3.88. The Labute approximate surface area is 122 Å². The minimum atomic E-state index is -0.137. The number of amides is 1. The van der Waals surface area contributed by atoms with Crippen LogP contribution in [0.2, 0.25) is 0 Å². The van der Waals surface area contributed by atoms with Crippen molar-refractivity contribution in [2.45, 2.75) is 6.54 Å². The monoisotopic (exact) mass is 277 g/mol. The predicted molar refractivity (Wildman–Crippen MR) is 84.0 cm³/mol. The number of pyridine rings is 1. The molecule has 2 aromatic carbocycles. The van der Waals surface area contributed by atoms with Gasteiger partial charge in [0.25, 0.3) is 5.91 Å². The van der Waals surface area contributed by atoms with E-state index in [1.165, 1.54) is 0 Å². The summed E-state index contributed by atoms with van der Waals surface area (Å²) in [4.78, 5) is 16.4. The van der Waals surface area contributed by atoms with E-state index in [-0.39, 0.29) is 5.91 Å². The zero-order chi connectivity index (χ0) is 14.7. The van der Waals surface area contributed by atoms with E-state index in [1.807, 2.05) is 42.5 Å². The number of hydrogen-bond acceptors (Lipinski definition) is 3. The van der Waals surface area contributed by atoms with Crippen molar-refractivity contribution in [2.24, 2.45) is 5.73 Å². The highest BCUT2D eigenvalue weighted by atomic mass is 16.1. The number of fused-ring (bicyclic) bond motifs is 1. The number of hydrogen-bond donors (Lipinski definition) is 2. The van der Waals surface area contributed by atoms with Crippen LogP contribution in [0.3, 0.4) is 0 Å². The Morgan fingerprint density at radius 1 is 1.10 bits per heavy atom. The molecule has 0 saturated carbocycles. The highest BCUT2D eigenvalue weighted by Gasteiger charge is 2.06. The van der Waals surface area contributed by atoms with E-state index in [9.17, 15) is 4.79 Å². The van der Waals surface area contributed by atoms with E-state index in [0.717, 1.165) is 22.2 Å². The third-order valence-electron chi connectivity index (χ3n) is 3.31. The highest BCUT2D eigenvalue weighted by Crippen LogP contribution is 2.17. The molecule has 3 N–H and O–H groups in total. The molecule has 21 heavy (non-hydrogen) atoms. The lowest BCUT2D eigenvalue weighted by Crippen LogP contribution is -2.12. The zero-order valence-corrected chi connectivity index (χ0v) is 11.4. The zero-order valence-electron chi connectivity index (χ0n) is 11.4. The molecule has 1 aromatic heterocycles. The maximum Gasteiger partial charge on any atom is 0.255 e. The molecule has 0 aliphatic heterocycles. The Balaban J connectivity index is 1.81. The van der Waals surface area contributed by atoms with Gasteiger partial charge in [0.2, 0.25) is 0 Å². The molecule has 104 valence electrons. The molecule has 4 nitrogen and oxygen atoms in total. The summed E-state index contributed by atoms with van der Waals surface area (Å²) in [7, 11) is 0. The Kier molecular flexibility index (Phi) is 3.62. The second-order valence-corrected chi connectivity index (χ2v) is 4.77. The number of nitrogens with zero attached hydrogens (tertiary/aromatic N) is 1. The number of nitrogens with one attached hydrogen (secondary N) is 1. The van der Waals surface area contributed by atoms with Crippen LogP contribution < -0.4 is 11.1 Å². The van der Waals surface area contributed by atoms with E-state index in [2.05, 4.69) is 10.3 Å². The molecule has 4 heteroatoms. The summed E-state index contributed by atoms with van der Waals surface area (Å²) in [6.45, 7) is 0.472. The molecule has 3 rings (SSSR count). The second-order valence-electron chi connectivity index (χ2n) is 4.77. The molecular weight excluding hydrogens is 262 g/mol. The first-order valence-electron chi connectivity index (χ1n) is 6.71. The van der Waals surface area contributed by atoms with Gasteiger partial charge >= 0.3 is 0 Å². The first-order valence-corrected chi connectivity index (χ1v) is 6.71. The van der Waals surface area contributed by atoms with Gasteiger partial charge in [0.1, 0.15) is 0 Å². The van der Waals surface area contributed by atoms with Gasteiger partial charge in [-0.25, -0.2) is 0 Å². The normalized spacial score (nSPS) is 10.5. The highest BCUT2D eigenvalue weighted by molar-refractivity contribution is 6.05. The molecule has 0 spiro atoms. The predicted octanol–water partition coefficient (Wildman–Crippen LogP) is 2.95. The van der Waals surface area contributed by atoms with Crippen LogP contribution in [-0.4, -0.2) is 10.9 Å². The van der Waals surface area contributed by atoms with Gasteiger partial charge in [-0.05, 0) is 42.0 Å². The quantitative estimate of drug-likeness (QED) is 0.773. The lowest BCUT2D eigenvalue weighted by molar-refractivity contribution is 0.102. The number of carbonyl (C=O) groups excluding carboxylic acids is 1. The summed E-state index contributed by atoms with van der Waals surface area (Å²) in [6, 6.07) is 16.8. The summed E-state index contributed by atoms with van der Waals surface area (Å²) in [6.07, 6.45) is 1.75. The van der Waals surface area contributed by atoms with Crippen LogP contribution in [0.25, 0.3) is 10.9 Å². The molecule has 1 amide bonds. The largest absolute Gasteiger partial charge is 0.326 e. The van der Waals surface area contributed by atoms with Crippen LogP contribution in [0.5, 0.6) is 0 Å². The van der Waals surface area contributed by atoms with Gasteiger partial charge in [0, 0.05) is 29.4 Å². The van der Waals surface area contributed by atoms with Crippen molar-refractivity contribution in [1.29, 1.82) is 0 Å². The van der Waals surface area contributed by atoms with E-state index < -0.39 is 0 Å². The standard InChI is InChI=1S/C17H15N3O/c18-11-12-3-5-13(6-4-12)17(21)20-15-7-8-16-14(10-15)2-1-9-19-16/h1-10H,11,18H2,(H,20,21). The number of benzene rings is 2. The van der Waals surface area contributed by atoms with Crippen LogP contribution in [0.1, 0.15) is 15.9 Å². The van der Waals surface area contributed by atoms with Gasteiger partial charge in [-0.1, -0.05) is 18.2 Å². The number of carbonyl (C=O) groups is 1. The Bertz CT molecular complexity index is 781. The van der Waals surface area contributed by atoms with Gasteiger partial charge in [-0.15, -0.1) is 0 Å². The number of aromatic nitrogens is 1. The first kappa shape index (κ1) is 13.3. The SMILES string of the molecule is NCc1ccc(C(=O)Nc2ccc3ncccc3c2)cc1. The van der Waals surface area contributed by atoms with Crippen LogP contribution in [0.4, 0.5) is 5.69 Å². The van der Waals surface area contributed by atoms with Crippen molar-refractivity contribution >= 4 is 22.5 Å². The fraction of sp³-hybridized carbons (Fsp3) is 0.0588. The van der Waals surface area contributed by atoms with Crippen molar-refractivity contribution in [3.63, 3.8) is 0 Å². The van der Waals surface area contributed by atoms with Gasteiger partial charge in [0.15, 0.2) is 0 Å². The van der Waals surface area contributed by atoms with Gasteiger partial charge in [0.05, 0.1) is 5.52 Å². The molecular formula is C17H15N3O. The average Bonchev–Trinajstić information content (AvgIpc) is 2.55. The van der Waals surface area contributed by atoms with E-state index in [4.69, 9.17) is 5.73 Å². The Hall–Kier alpha value is -2.72. The molecule has 0 bridgehead atoms. The summed E-state index contributed by atoms with van der Waals surface area (Å²) < 4.78 is 0. The fourth-order valence-corrected chi connectivity index (χ4v) is 2.15. The third kappa shape index (κ3) is 2.90. The fourth-order valence-electron chi connectivity index (χ4n) is 2.15. The Morgan fingerprint density at radius 3 is 2.67 bits per heavy atom. The third-order valence-corrected chi connectivity index (χ3v) is 3.31. The summed E-state index contributed by atoms with van der Waals surface area (Å²) >= 11 is 0. The minimum Gasteiger partial charge on any atom is -0.326 e. The summed E-state index contributed by atoms with van der Waals surface area (Å²) in [5.74, 6) is -0.137. The van der Waals surface area contributed by atoms with Crippen LogP contribution >= 0.6 is 0 Å². The molecule has 1 heterocycles. The van der Waals surface area contributed by atoms with Gasteiger partial charge in [-0.2, -0.15) is 0 Å². The number of rotatable bonds is 3. The van der Waals surface area contributed by atoms with Crippen molar-refractivity contribution in [1.82, 2.24) is 4.98 Å². The second kappa shape index (κ2) is 5.73. The van der Waals surface area contributed by atoms with Gasteiger partial charge < -0.3 is 11.1 Å². The molecule has 0 radical (unpaired) electrons. The smallest absolute Gasteiger partial charge is 0.255 e. The molecule has 0 saturated heterocycles. The lowest BCUT2D eigenvalue weighted by atomic mass is 10.1. The van der Waals surface area contributed by atoms with E-state index >= 15 is 0 Å². The summed E-state index contributed by atoms with van der Waals surface area (Å²) in [5.41, 5.74) is 8.82. The molecule has 0 atom stereocenters. The maximum atomic E-state index is 12.2.